The zero-order valence-electron chi connectivity index (χ0n) is 23.0. The number of piperidine rings is 1. The van der Waals surface area contributed by atoms with Gasteiger partial charge < -0.3 is 29.5 Å². The highest BCUT2D eigenvalue weighted by atomic mass is 16.7. The van der Waals surface area contributed by atoms with Gasteiger partial charge in [-0.2, -0.15) is 5.10 Å². The minimum Gasteiger partial charge on any atom is -0.467 e. The van der Waals surface area contributed by atoms with Crippen LogP contribution in [-0.2, 0) is 9.47 Å². The van der Waals surface area contributed by atoms with Crippen LogP contribution in [0.2, 0.25) is 0 Å². The van der Waals surface area contributed by atoms with Crippen LogP contribution < -0.4 is 10.1 Å². The number of ether oxygens (including phenoxy) is 3. The number of methoxy groups -OCH3 is 1. The van der Waals surface area contributed by atoms with Crippen molar-refractivity contribution in [3.05, 3.63) is 30.3 Å². The van der Waals surface area contributed by atoms with Crippen molar-refractivity contribution in [2.24, 2.45) is 0 Å². The highest BCUT2D eigenvalue weighted by Crippen LogP contribution is 2.34. The number of carbonyl (C=O) groups is 1. The Kier molecular flexibility index (Phi) is 8.08. The molecular weight excluding hydrogens is 488 g/mol. The molecule has 0 aliphatic carbocycles. The number of para-hydroxylation sites is 1. The van der Waals surface area contributed by atoms with Gasteiger partial charge in [0.1, 0.15) is 11.4 Å². The molecule has 38 heavy (non-hydrogen) atoms. The third-order valence-electron chi connectivity index (χ3n) is 6.10. The van der Waals surface area contributed by atoms with Gasteiger partial charge in [0.15, 0.2) is 18.1 Å². The molecule has 2 aromatic heterocycles. The van der Waals surface area contributed by atoms with Crippen LogP contribution in [0.25, 0.3) is 22.3 Å². The Balaban J connectivity index is 1.66. The number of aliphatic hydroxyl groups is 1. The number of likely N-dealkylation sites (tertiary alicyclic amines) is 1. The van der Waals surface area contributed by atoms with Crippen molar-refractivity contribution >= 4 is 22.9 Å². The smallest absolute Gasteiger partial charge is 0.410 e. The fraction of sp³-hybridized carbons (Fsp3) is 0.556. The zero-order chi connectivity index (χ0) is 27.5. The molecule has 3 heterocycles. The molecular formula is C27H38N6O5. The number of nitrogens with one attached hydrogen (secondary N) is 1. The van der Waals surface area contributed by atoms with E-state index in [9.17, 15) is 9.90 Å². The van der Waals surface area contributed by atoms with E-state index in [0.717, 1.165) is 11.1 Å². The van der Waals surface area contributed by atoms with E-state index >= 15 is 0 Å². The monoisotopic (exact) mass is 526 g/mol. The number of hydrogen-bond acceptors (Lipinski definition) is 9. The summed E-state index contributed by atoms with van der Waals surface area (Å²) in [6, 6.07) is 9.60. The maximum atomic E-state index is 12.6. The Morgan fingerprint density at radius 2 is 1.84 bits per heavy atom. The molecule has 2 N–H and O–H groups in total. The van der Waals surface area contributed by atoms with E-state index in [1.807, 2.05) is 55.8 Å². The van der Waals surface area contributed by atoms with Crippen LogP contribution in [0.3, 0.4) is 0 Å². The lowest BCUT2D eigenvalue weighted by Crippen LogP contribution is -2.42. The highest BCUT2D eigenvalue weighted by Gasteiger charge is 2.30. The van der Waals surface area contributed by atoms with Gasteiger partial charge in [0.05, 0.1) is 22.9 Å². The zero-order valence-corrected chi connectivity index (χ0v) is 23.0. The van der Waals surface area contributed by atoms with E-state index in [2.05, 4.69) is 15.5 Å². The fourth-order valence-electron chi connectivity index (χ4n) is 4.31. The number of benzene rings is 1. The Morgan fingerprint density at radius 1 is 1.13 bits per heavy atom. The van der Waals surface area contributed by atoms with E-state index in [0.29, 0.717) is 55.3 Å². The third kappa shape index (κ3) is 6.70. The molecule has 1 aliphatic rings. The molecule has 0 spiro atoms. The number of fused-ring (bicyclic) bond motifs is 1. The Labute approximate surface area is 223 Å². The van der Waals surface area contributed by atoms with Gasteiger partial charge in [-0.1, -0.05) is 12.1 Å². The first-order valence-electron chi connectivity index (χ1n) is 12.9. The molecule has 11 heteroatoms. The molecule has 1 saturated heterocycles. The van der Waals surface area contributed by atoms with Crippen molar-refractivity contribution in [3.63, 3.8) is 0 Å². The van der Waals surface area contributed by atoms with E-state index in [1.165, 1.54) is 0 Å². The topological polar surface area (TPSA) is 124 Å². The van der Waals surface area contributed by atoms with Crippen LogP contribution >= 0.6 is 0 Å². The van der Waals surface area contributed by atoms with Crippen LogP contribution in [-0.4, -0.2) is 80.8 Å². The van der Waals surface area contributed by atoms with Gasteiger partial charge in [-0.3, -0.25) is 4.68 Å². The SMILES string of the molecule is COCOc1ccccc1-c1cc2c(nn1)c(NCC(C)(C)O)nn2C1CCN(C(=O)OC(C)(C)C)CC1. The number of rotatable bonds is 8. The summed E-state index contributed by atoms with van der Waals surface area (Å²) in [4.78, 5) is 14.3. The molecule has 0 saturated carbocycles. The maximum Gasteiger partial charge on any atom is 0.410 e. The van der Waals surface area contributed by atoms with Gasteiger partial charge >= 0.3 is 6.09 Å². The molecule has 1 aliphatic heterocycles. The number of hydrogen-bond donors (Lipinski definition) is 2. The molecule has 0 bridgehead atoms. The minimum absolute atomic E-state index is 0.0471. The van der Waals surface area contributed by atoms with E-state index in [4.69, 9.17) is 19.3 Å². The molecule has 1 fully saturated rings. The normalized spacial score (nSPS) is 15.1. The number of amides is 1. The van der Waals surface area contributed by atoms with E-state index in [-0.39, 0.29) is 18.9 Å². The summed E-state index contributed by atoms with van der Waals surface area (Å²) < 4.78 is 18.3. The summed E-state index contributed by atoms with van der Waals surface area (Å²) in [6.07, 6.45) is 1.13. The average molecular weight is 527 g/mol. The standard InChI is InChI=1S/C27H38N6O5/c1-26(2,3)38-25(34)32-13-11-18(12-14-32)33-21-15-20(19-9-7-8-10-22(19)37-17-36-6)29-30-23(21)24(31-33)28-16-27(4,5)35/h7-10,15,18,35H,11-14,16-17H2,1-6H3,(H,28,31). The molecule has 1 aromatic carbocycles. The van der Waals surface area contributed by atoms with Crippen LogP contribution in [0.5, 0.6) is 5.75 Å². The summed E-state index contributed by atoms with van der Waals surface area (Å²) in [6.45, 7) is 10.6. The Morgan fingerprint density at radius 3 is 2.50 bits per heavy atom. The summed E-state index contributed by atoms with van der Waals surface area (Å²) in [5.41, 5.74) is 1.39. The summed E-state index contributed by atoms with van der Waals surface area (Å²) in [5.74, 6) is 1.19. The molecule has 1 amide bonds. The van der Waals surface area contributed by atoms with Gasteiger partial charge in [0.2, 0.25) is 0 Å². The first-order valence-corrected chi connectivity index (χ1v) is 12.9. The molecule has 4 rings (SSSR count). The number of aromatic nitrogens is 4. The third-order valence-corrected chi connectivity index (χ3v) is 6.10. The minimum atomic E-state index is -0.931. The molecule has 0 radical (unpaired) electrons. The van der Waals surface area contributed by atoms with Crippen LogP contribution in [0.4, 0.5) is 10.6 Å². The van der Waals surface area contributed by atoms with Crippen molar-refractivity contribution in [3.8, 4) is 17.0 Å². The molecule has 11 nitrogen and oxygen atoms in total. The van der Waals surface area contributed by atoms with Crippen molar-refractivity contribution in [1.82, 2.24) is 24.9 Å². The lowest BCUT2D eigenvalue weighted by atomic mass is 10.1. The van der Waals surface area contributed by atoms with Crippen molar-refractivity contribution in [2.45, 2.75) is 64.7 Å². The molecule has 0 atom stereocenters. The van der Waals surface area contributed by atoms with Crippen molar-refractivity contribution in [1.29, 1.82) is 0 Å². The Bertz CT molecular complexity index is 1260. The lowest BCUT2D eigenvalue weighted by molar-refractivity contribution is 0.0186. The first-order chi connectivity index (χ1) is 17.9. The molecule has 3 aromatic rings. The summed E-state index contributed by atoms with van der Waals surface area (Å²) >= 11 is 0. The second-order valence-corrected chi connectivity index (χ2v) is 11.2. The van der Waals surface area contributed by atoms with Crippen LogP contribution in [0, 0.1) is 0 Å². The summed E-state index contributed by atoms with van der Waals surface area (Å²) in [7, 11) is 1.57. The van der Waals surface area contributed by atoms with Crippen molar-refractivity contribution < 1.29 is 24.1 Å². The van der Waals surface area contributed by atoms with Gasteiger partial charge in [-0.25, -0.2) is 4.79 Å². The van der Waals surface area contributed by atoms with E-state index < -0.39 is 11.2 Å². The fourth-order valence-corrected chi connectivity index (χ4v) is 4.31. The maximum absolute atomic E-state index is 12.6. The average Bonchev–Trinajstić information content (AvgIpc) is 3.23. The first kappa shape index (κ1) is 27.6. The highest BCUT2D eigenvalue weighted by molar-refractivity contribution is 5.88. The van der Waals surface area contributed by atoms with Crippen LogP contribution in [0.1, 0.15) is 53.5 Å². The summed E-state index contributed by atoms with van der Waals surface area (Å²) in [5, 5.41) is 27.4. The van der Waals surface area contributed by atoms with Gasteiger partial charge in [-0.15, -0.1) is 10.2 Å². The predicted octanol–water partition coefficient (Wildman–Crippen LogP) is 4.23. The molecule has 0 unspecified atom stereocenters. The van der Waals surface area contributed by atoms with Gasteiger partial charge in [0, 0.05) is 32.3 Å². The number of carbonyl (C=O) groups excluding carboxylic acids is 1. The quantitative estimate of drug-likeness (QED) is 0.415. The lowest BCUT2D eigenvalue weighted by Gasteiger charge is -2.33. The largest absolute Gasteiger partial charge is 0.467 e. The van der Waals surface area contributed by atoms with Crippen molar-refractivity contribution in [2.75, 3.05) is 38.9 Å². The second-order valence-electron chi connectivity index (χ2n) is 11.2. The predicted molar refractivity (Wildman–Crippen MR) is 144 cm³/mol. The second kappa shape index (κ2) is 11.1. The van der Waals surface area contributed by atoms with Gasteiger partial charge in [0.25, 0.3) is 0 Å². The van der Waals surface area contributed by atoms with E-state index in [1.54, 1.807) is 25.9 Å². The Hall–Kier alpha value is -3.44. The number of nitrogens with zero attached hydrogens (tertiary/aromatic N) is 5. The van der Waals surface area contributed by atoms with Gasteiger partial charge in [-0.05, 0) is 65.7 Å². The molecule has 206 valence electrons. The number of anilines is 1. The van der Waals surface area contributed by atoms with Crippen LogP contribution in [0.15, 0.2) is 30.3 Å².